The number of fused-ring (bicyclic) bond motifs is 2. The van der Waals surface area contributed by atoms with Crippen molar-refractivity contribution >= 4 is 28.4 Å². The molecule has 1 atom stereocenters. The molecule has 0 bridgehead atoms. The standard InChI is InChI=1S/C27H35N5O4/c1-5-35-16-32(24(33)14-31-13-17(2)36-15-25(31)34)19-7-6-18-10-22(28-21(18)11-19)26-20-8-9-27(3,4)12-23(20)29-30-26/h6-7,10-11,17,28H,5,8-9,12-16H2,1-4H3,(H,29,30)/t17-/m1/s1. The van der Waals surface area contributed by atoms with Gasteiger partial charge in [0.1, 0.15) is 25.6 Å². The van der Waals surface area contributed by atoms with Gasteiger partial charge >= 0.3 is 0 Å². The van der Waals surface area contributed by atoms with Crippen molar-refractivity contribution in [3.05, 3.63) is 35.5 Å². The van der Waals surface area contributed by atoms with Gasteiger partial charge in [-0.1, -0.05) is 19.9 Å². The van der Waals surface area contributed by atoms with Crippen LogP contribution in [0.4, 0.5) is 5.69 Å². The fraction of sp³-hybridized carbons (Fsp3) is 0.519. The maximum atomic E-state index is 13.3. The molecule has 3 heterocycles. The minimum Gasteiger partial charge on any atom is -0.367 e. The molecule has 0 spiro atoms. The number of morpholine rings is 1. The van der Waals surface area contributed by atoms with Gasteiger partial charge in [-0.25, -0.2) is 0 Å². The van der Waals surface area contributed by atoms with E-state index in [2.05, 4.69) is 35.1 Å². The first kappa shape index (κ1) is 24.5. The quantitative estimate of drug-likeness (QED) is 0.489. The van der Waals surface area contributed by atoms with E-state index in [-0.39, 0.29) is 43.2 Å². The van der Waals surface area contributed by atoms with Crippen molar-refractivity contribution < 1.29 is 19.1 Å². The Morgan fingerprint density at radius 2 is 2.17 bits per heavy atom. The number of nitrogens with zero attached hydrogens (tertiary/aromatic N) is 3. The molecule has 5 rings (SSSR count). The zero-order valence-electron chi connectivity index (χ0n) is 21.5. The summed E-state index contributed by atoms with van der Waals surface area (Å²) >= 11 is 0. The highest BCUT2D eigenvalue weighted by Crippen LogP contribution is 2.38. The highest BCUT2D eigenvalue weighted by Gasteiger charge is 2.30. The van der Waals surface area contributed by atoms with E-state index in [1.54, 1.807) is 9.80 Å². The number of hydrogen-bond donors (Lipinski definition) is 2. The predicted octanol–water partition coefficient (Wildman–Crippen LogP) is 3.65. The van der Waals surface area contributed by atoms with Gasteiger partial charge in [0.2, 0.25) is 11.8 Å². The van der Waals surface area contributed by atoms with E-state index in [1.807, 2.05) is 32.0 Å². The lowest BCUT2D eigenvalue weighted by Gasteiger charge is -2.32. The second kappa shape index (κ2) is 9.71. The lowest BCUT2D eigenvalue weighted by Crippen LogP contribution is -2.50. The molecule has 2 N–H and O–H groups in total. The van der Waals surface area contributed by atoms with Crippen molar-refractivity contribution in [2.24, 2.45) is 5.41 Å². The van der Waals surface area contributed by atoms with Crippen molar-refractivity contribution in [3.8, 4) is 11.4 Å². The molecule has 1 aromatic carbocycles. The van der Waals surface area contributed by atoms with Crippen LogP contribution in [0, 0.1) is 5.41 Å². The molecule has 2 aliphatic rings. The molecule has 2 amide bonds. The zero-order valence-corrected chi connectivity index (χ0v) is 21.5. The molecule has 1 aliphatic carbocycles. The van der Waals surface area contributed by atoms with Gasteiger partial charge in [-0.05, 0) is 56.7 Å². The first-order chi connectivity index (χ1) is 17.2. The predicted molar refractivity (Wildman–Crippen MR) is 138 cm³/mol. The average Bonchev–Trinajstić information content (AvgIpc) is 3.44. The van der Waals surface area contributed by atoms with Gasteiger partial charge in [-0.2, -0.15) is 5.10 Å². The van der Waals surface area contributed by atoms with E-state index in [0.717, 1.165) is 41.6 Å². The Morgan fingerprint density at radius 1 is 1.33 bits per heavy atom. The van der Waals surface area contributed by atoms with Crippen LogP contribution in [0.15, 0.2) is 24.3 Å². The van der Waals surface area contributed by atoms with Gasteiger partial charge in [0.05, 0.1) is 11.8 Å². The third-order valence-corrected chi connectivity index (χ3v) is 7.21. The van der Waals surface area contributed by atoms with Gasteiger partial charge in [-0.15, -0.1) is 0 Å². The Kier molecular flexibility index (Phi) is 6.61. The molecule has 0 unspecified atom stereocenters. The summed E-state index contributed by atoms with van der Waals surface area (Å²) in [6.07, 6.45) is 3.04. The number of anilines is 1. The van der Waals surface area contributed by atoms with Crippen LogP contribution < -0.4 is 4.90 Å². The largest absolute Gasteiger partial charge is 0.367 e. The molecule has 1 fully saturated rings. The minimum atomic E-state index is -0.194. The smallest absolute Gasteiger partial charge is 0.249 e. The highest BCUT2D eigenvalue weighted by atomic mass is 16.5. The molecule has 0 saturated carbocycles. The number of carbonyl (C=O) groups is 2. The van der Waals surface area contributed by atoms with Crippen LogP contribution in [0.25, 0.3) is 22.3 Å². The minimum absolute atomic E-state index is 0.00546. The second-order valence-corrected chi connectivity index (χ2v) is 10.7. The summed E-state index contributed by atoms with van der Waals surface area (Å²) in [4.78, 5) is 32.2. The number of nitrogens with one attached hydrogen (secondary N) is 2. The van der Waals surface area contributed by atoms with Crippen LogP contribution in [0.3, 0.4) is 0 Å². The number of amides is 2. The molecular weight excluding hydrogens is 458 g/mol. The number of benzene rings is 1. The first-order valence-corrected chi connectivity index (χ1v) is 12.7. The van der Waals surface area contributed by atoms with Crippen molar-refractivity contribution in [1.29, 1.82) is 0 Å². The van der Waals surface area contributed by atoms with Gasteiger partial charge in [0.15, 0.2) is 0 Å². The van der Waals surface area contributed by atoms with E-state index in [1.165, 1.54) is 11.3 Å². The molecule has 192 valence electrons. The number of H-pyrrole nitrogens is 2. The van der Waals surface area contributed by atoms with Crippen molar-refractivity contribution in [1.82, 2.24) is 20.1 Å². The first-order valence-electron chi connectivity index (χ1n) is 12.7. The highest BCUT2D eigenvalue weighted by molar-refractivity contribution is 5.99. The Bertz CT molecular complexity index is 1280. The number of aromatic amines is 2. The van der Waals surface area contributed by atoms with E-state index >= 15 is 0 Å². The Labute approximate surface area is 211 Å². The van der Waals surface area contributed by atoms with Crippen LogP contribution in [-0.4, -0.2) is 71.0 Å². The third-order valence-electron chi connectivity index (χ3n) is 7.21. The van der Waals surface area contributed by atoms with Crippen molar-refractivity contribution in [2.45, 2.75) is 53.1 Å². The van der Waals surface area contributed by atoms with Crippen LogP contribution >= 0.6 is 0 Å². The summed E-state index contributed by atoms with van der Waals surface area (Å²) in [5, 5.41) is 8.95. The maximum Gasteiger partial charge on any atom is 0.249 e. The lowest BCUT2D eigenvalue weighted by molar-refractivity contribution is -0.150. The number of carbonyl (C=O) groups excluding carboxylic acids is 2. The summed E-state index contributed by atoms with van der Waals surface area (Å²) in [6, 6.07) is 7.99. The fourth-order valence-electron chi connectivity index (χ4n) is 5.12. The Morgan fingerprint density at radius 3 is 2.97 bits per heavy atom. The van der Waals surface area contributed by atoms with E-state index in [9.17, 15) is 9.59 Å². The van der Waals surface area contributed by atoms with Crippen LogP contribution in [-0.2, 0) is 31.9 Å². The topological polar surface area (TPSA) is 104 Å². The van der Waals surface area contributed by atoms with E-state index in [4.69, 9.17) is 9.47 Å². The monoisotopic (exact) mass is 493 g/mol. The van der Waals surface area contributed by atoms with Crippen molar-refractivity contribution in [2.75, 3.05) is 37.9 Å². The molecule has 1 aliphatic heterocycles. The summed E-state index contributed by atoms with van der Waals surface area (Å²) in [6.45, 7) is 9.38. The summed E-state index contributed by atoms with van der Waals surface area (Å²) in [5.41, 5.74) is 6.37. The number of rotatable bonds is 7. The van der Waals surface area contributed by atoms with Crippen LogP contribution in [0.2, 0.25) is 0 Å². The number of aromatic nitrogens is 3. The Balaban J connectivity index is 1.41. The molecule has 2 aromatic heterocycles. The molecule has 9 nitrogen and oxygen atoms in total. The lowest BCUT2D eigenvalue weighted by atomic mass is 9.76. The van der Waals surface area contributed by atoms with Gasteiger partial charge in [-0.3, -0.25) is 19.6 Å². The third kappa shape index (κ3) is 4.90. The van der Waals surface area contributed by atoms with Crippen LogP contribution in [0.1, 0.15) is 45.4 Å². The molecule has 36 heavy (non-hydrogen) atoms. The van der Waals surface area contributed by atoms with Gasteiger partial charge < -0.3 is 19.4 Å². The van der Waals surface area contributed by atoms with Crippen LogP contribution in [0.5, 0.6) is 0 Å². The number of hydrogen-bond acceptors (Lipinski definition) is 5. The summed E-state index contributed by atoms with van der Waals surface area (Å²) in [7, 11) is 0. The van der Waals surface area contributed by atoms with E-state index in [0.29, 0.717) is 18.8 Å². The number of ether oxygens (including phenoxy) is 2. The fourth-order valence-corrected chi connectivity index (χ4v) is 5.12. The van der Waals surface area contributed by atoms with Gasteiger partial charge in [0.25, 0.3) is 0 Å². The normalized spacial score (nSPS) is 19.5. The SMILES string of the molecule is CCOCN(C(=O)CN1C[C@@H](C)OCC1=O)c1ccc2cc(-c3n[nH]c4c3CCC(C)(C)C4)[nH]c2c1. The molecule has 0 radical (unpaired) electrons. The molecule has 9 heteroatoms. The van der Waals surface area contributed by atoms with E-state index < -0.39 is 0 Å². The maximum absolute atomic E-state index is 13.3. The molecular formula is C27H35N5O4. The zero-order chi connectivity index (χ0) is 25.4. The summed E-state index contributed by atoms with van der Waals surface area (Å²) < 4.78 is 11.0. The Hall–Kier alpha value is -3.17. The van der Waals surface area contributed by atoms with Crippen molar-refractivity contribution in [3.63, 3.8) is 0 Å². The average molecular weight is 494 g/mol. The second-order valence-electron chi connectivity index (χ2n) is 10.7. The molecule has 3 aromatic rings. The van der Waals surface area contributed by atoms with Gasteiger partial charge in [0, 0.05) is 41.0 Å². The summed E-state index contributed by atoms with van der Waals surface area (Å²) in [5.74, 6) is -0.367. The molecule has 1 saturated heterocycles.